The van der Waals surface area contributed by atoms with Crippen LogP contribution in [0.3, 0.4) is 0 Å². The van der Waals surface area contributed by atoms with Crippen LogP contribution in [0.25, 0.3) is 0 Å². The Labute approximate surface area is 108 Å². The van der Waals surface area contributed by atoms with Gasteiger partial charge in [0, 0.05) is 12.5 Å². The fourth-order valence-corrected chi connectivity index (χ4v) is 2.83. The lowest BCUT2D eigenvalue weighted by molar-refractivity contribution is -0.135. The SMILES string of the molecule is CC(NC1CCC(=O)NC1=O)C1CCN(C)CC1. The summed E-state index contributed by atoms with van der Waals surface area (Å²) >= 11 is 0. The Bertz CT molecular complexity index is 324. The highest BCUT2D eigenvalue weighted by Crippen LogP contribution is 2.20. The maximum Gasteiger partial charge on any atom is 0.243 e. The maximum absolute atomic E-state index is 11.7. The largest absolute Gasteiger partial charge is 0.306 e. The molecule has 2 N–H and O–H groups in total. The minimum absolute atomic E-state index is 0.148. The predicted octanol–water partition coefficient (Wildman–Crippen LogP) is 0.112. The van der Waals surface area contributed by atoms with Crippen molar-refractivity contribution in [1.82, 2.24) is 15.5 Å². The molecule has 5 nitrogen and oxygen atoms in total. The van der Waals surface area contributed by atoms with Crippen LogP contribution < -0.4 is 10.6 Å². The second kappa shape index (κ2) is 5.80. The second-order valence-electron chi connectivity index (χ2n) is 5.60. The molecule has 0 spiro atoms. The monoisotopic (exact) mass is 253 g/mol. The number of hydrogen-bond acceptors (Lipinski definition) is 4. The first-order valence-corrected chi connectivity index (χ1v) is 6.84. The van der Waals surface area contributed by atoms with Crippen molar-refractivity contribution in [2.45, 2.75) is 44.7 Å². The van der Waals surface area contributed by atoms with Gasteiger partial charge in [-0.15, -0.1) is 0 Å². The molecule has 0 saturated carbocycles. The Balaban J connectivity index is 1.81. The van der Waals surface area contributed by atoms with Crippen LogP contribution in [0.15, 0.2) is 0 Å². The van der Waals surface area contributed by atoms with Crippen LogP contribution in [0, 0.1) is 5.92 Å². The Morgan fingerprint density at radius 1 is 1.28 bits per heavy atom. The van der Waals surface area contributed by atoms with Gasteiger partial charge in [-0.3, -0.25) is 14.9 Å². The quantitative estimate of drug-likeness (QED) is 0.701. The summed E-state index contributed by atoms with van der Waals surface area (Å²) in [4.78, 5) is 25.1. The number of likely N-dealkylation sites (tertiary alicyclic amines) is 1. The molecule has 2 heterocycles. The molecule has 2 aliphatic heterocycles. The van der Waals surface area contributed by atoms with Gasteiger partial charge >= 0.3 is 0 Å². The third-order valence-electron chi connectivity index (χ3n) is 4.17. The molecule has 2 aliphatic rings. The smallest absolute Gasteiger partial charge is 0.243 e. The van der Waals surface area contributed by atoms with Crippen LogP contribution in [0.2, 0.25) is 0 Å². The molecule has 0 aromatic rings. The zero-order valence-electron chi connectivity index (χ0n) is 11.2. The number of carbonyl (C=O) groups excluding carboxylic acids is 2. The highest BCUT2D eigenvalue weighted by molar-refractivity contribution is 6.00. The molecule has 0 bridgehead atoms. The van der Waals surface area contributed by atoms with Crippen LogP contribution in [0.4, 0.5) is 0 Å². The topological polar surface area (TPSA) is 61.4 Å². The summed E-state index contributed by atoms with van der Waals surface area (Å²) in [6.45, 7) is 4.41. The summed E-state index contributed by atoms with van der Waals surface area (Å²) in [5.41, 5.74) is 0. The van der Waals surface area contributed by atoms with E-state index in [0.29, 0.717) is 24.8 Å². The zero-order chi connectivity index (χ0) is 13.1. The number of carbonyl (C=O) groups is 2. The number of piperidine rings is 2. The molecule has 102 valence electrons. The predicted molar refractivity (Wildman–Crippen MR) is 69.0 cm³/mol. The molecule has 18 heavy (non-hydrogen) atoms. The fourth-order valence-electron chi connectivity index (χ4n) is 2.83. The summed E-state index contributed by atoms with van der Waals surface area (Å²) in [7, 11) is 2.15. The summed E-state index contributed by atoms with van der Waals surface area (Å²) in [6.07, 6.45) is 3.43. The molecule has 0 aromatic carbocycles. The third-order valence-corrected chi connectivity index (χ3v) is 4.17. The molecule has 2 amide bonds. The van der Waals surface area contributed by atoms with Crippen LogP contribution in [-0.2, 0) is 9.59 Å². The van der Waals surface area contributed by atoms with E-state index in [1.54, 1.807) is 0 Å². The molecule has 2 unspecified atom stereocenters. The van der Waals surface area contributed by atoms with Crippen molar-refractivity contribution in [3.8, 4) is 0 Å². The van der Waals surface area contributed by atoms with E-state index >= 15 is 0 Å². The molecule has 2 fully saturated rings. The summed E-state index contributed by atoms with van der Waals surface area (Å²) in [6, 6.07) is 0.139. The molecule has 0 radical (unpaired) electrons. The van der Waals surface area contributed by atoms with Crippen molar-refractivity contribution < 1.29 is 9.59 Å². The van der Waals surface area contributed by atoms with E-state index in [0.717, 1.165) is 13.1 Å². The molecule has 5 heteroatoms. The van der Waals surface area contributed by atoms with Gasteiger partial charge in [0.1, 0.15) is 0 Å². The Morgan fingerprint density at radius 3 is 2.56 bits per heavy atom. The molecular weight excluding hydrogens is 230 g/mol. The van der Waals surface area contributed by atoms with Crippen molar-refractivity contribution in [2.75, 3.05) is 20.1 Å². The Morgan fingerprint density at radius 2 is 1.94 bits per heavy atom. The number of nitrogens with zero attached hydrogens (tertiary/aromatic N) is 1. The second-order valence-corrected chi connectivity index (χ2v) is 5.60. The molecule has 2 atom stereocenters. The zero-order valence-corrected chi connectivity index (χ0v) is 11.2. The number of nitrogens with one attached hydrogen (secondary N) is 2. The van der Waals surface area contributed by atoms with Gasteiger partial charge < -0.3 is 10.2 Å². The number of rotatable bonds is 3. The summed E-state index contributed by atoms with van der Waals surface area (Å²) in [5, 5.41) is 5.79. The van der Waals surface area contributed by atoms with E-state index in [-0.39, 0.29) is 17.9 Å². The van der Waals surface area contributed by atoms with E-state index in [2.05, 4.69) is 29.5 Å². The van der Waals surface area contributed by atoms with Gasteiger partial charge in [0.25, 0.3) is 0 Å². The Kier molecular flexibility index (Phi) is 4.35. The fraction of sp³-hybridized carbons (Fsp3) is 0.846. The first-order valence-electron chi connectivity index (χ1n) is 6.84. The number of hydrogen-bond donors (Lipinski definition) is 2. The lowest BCUT2D eigenvalue weighted by Crippen LogP contribution is -2.54. The van der Waals surface area contributed by atoms with Crippen LogP contribution >= 0.6 is 0 Å². The summed E-state index contributed by atoms with van der Waals surface area (Å²) < 4.78 is 0. The van der Waals surface area contributed by atoms with Gasteiger partial charge in [-0.25, -0.2) is 0 Å². The molecule has 2 rings (SSSR count). The Hall–Kier alpha value is -0.940. The van der Waals surface area contributed by atoms with Gasteiger partial charge in [0.2, 0.25) is 11.8 Å². The lowest BCUT2D eigenvalue weighted by atomic mass is 9.89. The third kappa shape index (κ3) is 3.29. The molecule has 0 aromatic heterocycles. The first-order chi connectivity index (χ1) is 8.56. The van der Waals surface area contributed by atoms with Crippen molar-refractivity contribution in [2.24, 2.45) is 5.92 Å². The highest BCUT2D eigenvalue weighted by atomic mass is 16.2. The van der Waals surface area contributed by atoms with Gasteiger partial charge in [-0.2, -0.15) is 0 Å². The molecular formula is C13H23N3O2. The first kappa shape index (κ1) is 13.5. The lowest BCUT2D eigenvalue weighted by Gasteiger charge is -2.35. The summed E-state index contributed by atoms with van der Waals surface area (Å²) in [5.74, 6) is 0.322. The van der Waals surface area contributed by atoms with Crippen molar-refractivity contribution in [1.29, 1.82) is 0 Å². The highest BCUT2D eigenvalue weighted by Gasteiger charge is 2.30. The number of amides is 2. The van der Waals surface area contributed by atoms with Gasteiger partial charge in [0.05, 0.1) is 6.04 Å². The molecule has 2 saturated heterocycles. The minimum atomic E-state index is -0.197. The van der Waals surface area contributed by atoms with Crippen molar-refractivity contribution in [3.05, 3.63) is 0 Å². The van der Waals surface area contributed by atoms with Gasteiger partial charge in [-0.1, -0.05) is 0 Å². The normalized spacial score (nSPS) is 29.1. The average molecular weight is 253 g/mol. The van der Waals surface area contributed by atoms with Crippen molar-refractivity contribution >= 4 is 11.8 Å². The van der Waals surface area contributed by atoms with Crippen LogP contribution in [-0.4, -0.2) is 48.9 Å². The van der Waals surface area contributed by atoms with E-state index in [1.165, 1.54) is 12.8 Å². The van der Waals surface area contributed by atoms with E-state index in [1.807, 2.05) is 0 Å². The van der Waals surface area contributed by atoms with Crippen LogP contribution in [0.1, 0.15) is 32.6 Å². The van der Waals surface area contributed by atoms with Gasteiger partial charge in [-0.05, 0) is 52.2 Å². The number of imide groups is 1. The van der Waals surface area contributed by atoms with E-state index in [4.69, 9.17) is 0 Å². The maximum atomic E-state index is 11.7. The van der Waals surface area contributed by atoms with Crippen molar-refractivity contribution in [3.63, 3.8) is 0 Å². The van der Waals surface area contributed by atoms with Crippen LogP contribution in [0.5, 0.6) is 0 Å². The standard InChI is InChI=1S/C13H23N3O2/c1-9(10-5-7-16(2)8-6-10)14-11-3-4-12(17)15-13(11)18/h9-11,14H,3-8H2,1-2H3,(H,15,17,18). The van der Waals surface area contributed by atoms with E-state index in [9.17, 15) is 9.59 Å². The van der Waals surface area contributed by atoms with Gasteiger partial charge in [0.15, 0.2) is 0 Å². The van der Waals surface area contributed by atoms with E-state index < -0.39 is 0 Å². The average Bonchev–Trinajstić information content (AvgIpc) is 2.33. The minimum Gasteiger partial charge on any atom is -0.306 e. The molecule has 0 aliphatic carbocycles.